The number of hydrogen-bond acceptors (Lipinski definition) is 4. The Labute approximate surface area is 142 Å². The summed E-state index contributed by atoms with van der Waals surface area (Å²) in [4.78, 5) is 14.6. The molecule has 1 amide bonds. The van der Waals surface area contributed by atoms with E-state index >= 15 is 0 Å². The van der Waals surface area contributed by atoms with Crippen LogP contribution in [-0.4, -0.2) is 44.2 Å². The van der Waals surface area contributed by atoms with E-state index in [-0.39, 0.29) is 18.6 Å². The van der Waals surface area contributed by atoms with Crippen LogP contribution in [0.1, 0.15) is 11.6 Å². The molecule has 1 fully saturated rings. The molecule has 3 rings (SSSR count). The van der Waals surface area contributed by atoms with Crippen molar-refractivity contribution in [1.29, 1.82) is 0 Å². The molecule has 2 aromatic rings. The van der Waals surface area contributed by atoms with Gasteiger partial charge in [0.1, 0.15) is 11.5 Å². The molecule has 0 aliphatic carbocycles. The van der Waals surface area contributed by atoms with Crippen LogP contribution < -0.4 is 14.8 Å². The lowest BCUT2D eigenvalue weighted by atomic mass is 10.0. The smallest absolute Gasteiger partial charge is 0.261 e. The van der Waals surface area contributed by atoms with E-state index in [1.165, 1.54) is 0 Å². The number of hydrogen-bond donors (Lipinski definition) is 1. The molecule has 1 aliphatic rings. The van der Waals surface area contributed by atoms with E-state index in [9.17, 15) is 4.79 Å². The van der Waals surface area contributed by atoms with E-state index in [1.807, 2.05) is 59.5 Å². The topological polar surface area (TPSA) is 50.8 Å². The number of carbonyl (C=O) groups excluding carboxylic acids is 1. The molecule has 0 spiro atoms. The number of rotatable bonds is 5. The van der Waals surface area contributed by atoms with Gasteiger partial charge in [0, 0.05) is 25.2 Å². The Morgan fingerprint density at radius 2 is 1.92 bits per heavy atom. The van der Waals surface area contributed by atoms with Gasteiger partial charge in [0.05, 0.1) is 13.2 Å². The Morgan fingerprint density at radius 1 is 1.17 bits per heavy atom. The molecule has 24 heavy (non-hydrogen) atoms. The van der Waals surface area contributed by atoms with Gasteiger partial charge in [0.2, 0.25) is 0 Å². The van der Waals surface area contributed by atoms with Crippen molar-refractivity contribution in [2.45, 2.75) is 6.04 Å². The molecule has 2 aromatic carbocycles. The second kappa shape index (κ2) is 7.84. The van der Waals surface area contributed by atoms with Gasteiger partial charge in [-0.15, -0.1) is 0 Å². The summed E-state index contributed by atoms with van der Waals surface area (Å²) < 4.78 is 11.1. The minimum absolute atomic E-state index is 0.0174. The van der Waals surface area contributed by atoms with Crippen LogP contribution >= 0.6 is 0 Å². The first-order chi connectivity index (χ1) is 11.8. The maximum absolute atomic E-state index is 12.7. The van der Waals surface area contributed by atoms with Crippen molar-refractivity contribution in [3.05, 3.63) is 60.2 Å². The van der Waals surface area contributed by atoms with Crippen molar-refractivity contribution in [1.82, 2.24) is 10.2 Å². The lowest BCUT2D eigenvalue weighted by Crippen LogP contribution is -2.50. The van der Waals surface area contributed by atoms with E-state index in [2.05, 4.69) is 5.32 Å². The zero-order valence-corrected chi connectivity index (χ0v) is 13.8. The average molecular weight is 326 g/mol. The fraction of sp³-hybridized carbons (Fsp3) is 0.316. The van der Waals surface area contributed by atoms with E-state index in [4.69, 9.17) is 9.47 Å². The van der Waals surface area contributed by atoms with Gasteiger partial charge >= 0.3 is 0 Å². The molecule has 0 bridgehead atoms. The fourth-order valence-corrected chi connectivity index (χ4v) is 2.97. The third kappa shape index (κ3) is 3.68. The summed E-state index contributed by atoms with van der Waals surface area (Å²) in [7, 11) is 1.65. The average Bonchev–Trinajstić information content (AvgIpc) is 2.67. The monoisotopic (exact) mass is 326 g/mol. The molecule has 0 radical (unpaired) electrons. The van der Waals surface area contributed by atoms with Crippen molar-refractivity contribution in [3.8, 4) is 11.5 Å². The zero-order valence-electron chi connectivity index (χ0n) is 13.8. The SMILES string of the molecule is COc1ccccc1C1CNCCN1C(=O)COc1ccccc1. The Kier molecular flexibility index (Phi) is 5.33. The highest BCUT2D eigenvalue weighted by Gasteiger charge is 2.29. The van der Waals surface area contributed by atoms with Crippen molar-refractivity contribution in [3.63, 3.8) is 0 Å². The van der Waals surface area contributed by atoms with Crippen LogP contribution in [0.2, 0.25) is 0 Å². The Bertz CT molecular complexity index is 675. The second-order valence-corrected chi connectivity index (χ2v) is 5.65. The Balaban J connectivity index is 1.73. The highest BCUT2D eigenvalue weighted by Crippen LogP contribution is 2.30. The number of ether oxygens (including phenoxy) is 2. The van der Waals surface area contributed by atoms with Crippen LogP contribution in [0.25, 0.3) is 0 Å². The van der Waals surface area contributed by atoms with Crippen LogP contribution in [-0.2, 0) is 4.79 Å². The molecule has 1 N–H and O–H groups in total. The number of nitrogens with one attached hydrogen (secondary N) is 1. The normalized spacial score (nSPS) is 17.4. The zero-order chi connectivity index (χ0) is 16.8. The molecular weight excluding hydrogens is 304 g/mol. The predicted molar refractivity (Wildman–Crippen MR) is 92.3 cm³/mol. The maximum Gasteiger partial charge on any atom is 0.261 e. The summed E-state index contributed by atoms with van der Waals surface area (Å²) >= 11 is 0. The van der Waals surface area contributed by atoms with Gasteiger partial charge in [-0.25, -0.2) is 0 Å². The Morgan fingerprint density at radius 3 is 2.71 bits per heavy atom. The summed E-state index contributed by atoms with van der Waals surface area (Å²) in [6, 6.07) is 17.2. The minimum atomic E-state index is -0.0539. The van der Waals surface area contributed by atoms with Crippen molar-refractivity contribution < 1.29 is 14.3 Å². The maximum atomic E-state index is 12.7. The van der Waals surface area contributed by atoms with Gasteiger partial charge in [-0.2, -0.15) is 0 Å². The van der Waals surface area contributed by atoms with Gasteiger partial charge < -0.3 is 19.7 Å². The van der Waals surface area contributed by atoms with Crippen molar-refractivity contribution in [2.24, 2.45) is 0 Å². The molecular formula is C19H22N2O3. The molecule has 0 saturated carbocycles. The van der Waals surface area contributed by atoms with Crippen LogP contribution in [0.3, 0.4) is 0 Å². The molecule has 1 aliphatic heterocycles. The standard InChI is InChI=1S/C19H22N2O3/c1-23-18-10-6-5-9-16(18)17-13-20-11-12-21(17)19(22)14-24-15-7-3-2-4-8-15/h2-10,17,20H,11-14H2,1H3. The summed E-state index contributed by atoms with van der Waals surface area (Å²) in [6.07, 6.45) is 0. The lowest BCUT2D eigenvalue weighted by molar-refractivity contribution is -0.136. The molecule has 5 heteroatoms. The number of piperazine rings is 1. The number of nitrogens with zero attached hydrogens (tertiary/aromatic N) is 1. The largest absolute Gasteiger partial charge is 0.496 e. The van der Waals surface area contributed by atoms with Gasteiger partial charge in [-0.3, -0.25) is 4.79 Å². The quantitative estimate of drug-likeness (QED) is 0.916. The van der Waals surface area contributed by atoms with Crippen molar-refractivity contribution in [2.75, 3.05) is 33.4 Å². The summed E-state index contributed by atoms with van der Waals surface area (Å²) in [6.45, 7) is 2.18. The third-order valence-electron chi connectivity index (χ3n) is 4.17. The van der Waals surface area contributed by atoms with Crippen LogP contribution in [0.5, 0.6) is 11.5 Å². The molecule has 5 nitrogen and oxygen atoms in total. The van der Waals surface area contributed by atoms with E-state index in [0.717, 1.165) is 17.9 Å². The summed E-state index contributed by atoms with van der Waals surface area (Å²) in [5, 5.41) is 3.35. The van der Waals surface area contributed by atoms with Gasteiger partial charge in [-0.05, 0) is 18.2 Å². The number of benzene rings is 2. The molecule has 126 valence electrons. The Hall–Kier alpha value is -2.53. The number of carbonyl (C=O) groups is 1. The number of para-hydroxylation sites is 2. The highest BCUT2D eigenvalue weighted by atomic mass is 16.5. The highest BCUT2D eigenvalue weighted by molar-refractivity contribution is 5.78. The van der Waals surface area contributed by atoms with Gasteiger partial charge in [-0.1, -0.05) is 36.4 Å². The summed E-state index contributed by atoms with van der Waals surface area (Å²) in [5.74, 6) is 1.49. The first kappa shape index (κ1) is 16.3. The summed E-state index contributed by atoms with van der Waals surface area (Å²) in [5.41, 5.74) is 1.01. The molecule has 0 aromatic heterocycles. The first-order valence-electron chi connectivity index (χ1n) is 8.10. The van der Waals surface area contributed by atoms with E-state index in [1.54, 1.807) is 7.11 Å². The third-order valence-corrected chi connectivity index (χ3v) is 4.17. The number of amides is 1. The van der Waals surface area contributed by atoms with Gasteiger partial charge in [0.25, 0.3) is 5.91 Å². The van der Waals surface area contributed by atoms with E-state index in [0.29, 0.717) is 18.8 Å². The molecule has 1 unspecified atom stereocenters. The molecule has 1 saturated heterocycles. The number of methoxy groups -OCH3 is 1. The van der Waals surface area contributed by atoms with Crippen LogP contribution in [0.4, 0.5) is 0 Å². The second-order valence-electron chi connectivity index (χ2n) is 5.65. The van der Waals surface area contributed by atoms with Gasteiger partial charge in [0.15, 0.2) is 6.61 Å². The van der Waals surface area contributed by atoms with Crippen molar-refractivity contribution >= 4 is 5.91 Å². The minimum Gasteiger partial charge on any atom is -0.496 e. The fourth-order valence-electron chi connectivity index (χ4n) is 2.97. The predicted octanol–water partition coefficient (Wildman–Crippen LogP) is 2.25. The molecule has 1 atom stereocenters. The lowest BCUT2D eigenvalue weighted by Gasteiger charge is -2.37. The van der Waals surface area contributed by atoms with Crippen LogP contribution in [0, 0.1) is 0 Å². The molecule has 1 heterocycles. The first-order valence-corrected chi connectivity index (χ1v) is 8.10. The van der Waals surface area contributed by atoms with Crippen LogP contribution in [0.15, 0.2) is 54.6 Å². The van der Waals surface area contributed by atoms with E-state index < -0.39 is 0 Å².